The Bertz CT molecular complexity index is 3890. The fourth-order valence-electron chi connectivity index (χ4n) is 10.2. The molecule has 0 aliphatic heterocycles. The monoisotopic (exact) mass is 818 g/mol. The molecule has 0 fully saturated rings. The summed E-state index contributed by atoms with van der Waals surface area (Å²) >= 11 is 1.89. The number of para-hydroxylation sites is 3. The van der Waals surface area contributed by atoms with Gasteiger partial charge >= 0.3 is 0 Å². The maximum atomic E-state index is 2.50. The summed E-state index contributed by atoms with van der Waals surface area (Å²) in [4.78, 5) is 0. The zero-order valence-electron chi connectivity index (χ0n) is 34.2. The summed E-state index contributed by atoms with van der Waals surface area (Å²) in [6, 6.07) is 84.5. The van der Waals surface area contributed by atoms with Crippen LogP contribution in [-0.2, 0) is 0 Å². The number of thiophene rings is 1. The van der Waals surface area contributed by atoms with Crippen molar-refractivity contribution in [3.8, 4) is 55.9 Å². The lowest BCUT2D eigenvalue weighted by Gasteiger charge is -2.15. The molecule has 0 bridgehead atoms. The average molecular weight is 819 g/mol. The summed E-state index contributed by atoms with van der Waals surface area (Å²) < 4.78 is 7.54. The lowest BCUT2D eigenvalue weighted by Crippen LogP contribution is -1.96. The summed E-state index contributed by atoms with van der Waals surface area (Å²) in [7, 11) is 0. The van der Waals surface area contributed by atoms with Gasteiger partial charge in [0.05, 0.1) is 32.5 Å². The Morgan fingerprint density at radius 1 is 0.302 bits per heavy atom. The van der Waals surface area contributed by atoms with Crippen molar-refractivity contribution in [2.75, 3.05) is 0 Å². The van der Waals surface area contributed by atoms with Crippen LogP contribution in [0.4, 0.5) is 0 Å². The first-order chi connectivity index (χ1) is 31.3. The zero-order valence-corrected chi connectivity index (χ0v) is 35.1. The number of nitrogens with zero attached hydrogens (tertiary/aromatic N) is 2. The van der Waals surface area contributed by atoms with Gasteiger partial charge in [0.1, 0.15) is 0 Å². The van der Waals surface area contributed by atoms with Crippen LogP contribution in [0, 0.1) is 0 Å². The van der Waals surface area contributed by atoms with Gasteiger partial charge < -0.3 is 9.13 Å². The Kier molecular flexibility index (Phi) is 8.12. The molecule has 0 atom stereocenters. The van der Waals surface area contributed by atoms with Crippen molar-refractivity contribution < 1.29 is 0 Å². The Balaban J connectivity index is 1.03. The summed E-state index contributed by atoms with van der Waals surface area (Å²) in [6.45, 7) is 0. The lowest BCUT2D eigenvalue weighted by atomic mass is 9.91. The number of aromatic nitrogens is 2. The van der Waals surface area contributed by atoms with Gasteiger partial charge in [-0.3, -0.25) is 0 Å². The smallest absolute Gasteiger partial charge is 0.0641 e. The molecule has 0 radical (unpaired) electrons. The molecule has 0 saturated heterocycles. The van der Waals surface area contributed by atoms with Gasteiger partial charge in [0.15, 0.2) is 0 Å². The van der Waals surface area contributed by atoms with E-state index in [9.17, 15) is 0 Å². The van der Waals surface area contributed by atoms with Gasteiger partial charge in [-0.1, -0.05) is 182 Å². The maximum Gasteiger partial charge on any atom is 0.0641 e. The summed E-state index contributed by atoms with van der Waals surface area (Å²) in [5.74, 6) is 0. The molecule has 0 N–H and O–H groups in total. The van der Waals surface area contributed by atoms with E-state index in [1.807, 2.05) is 11.3 Å². The third-order valence-corrected chi connectivity index (χ3v) is 14.2. The Hall–Kier alpha value is -7.98. The van der Waals surface area contributed by atoms with Crippen LogP contribution in [-0.4, -0.2) is 9.13 Å². The largest absolute Gasteiger partial charge is 0.309 e. The van der Waals surface area contributed by atoms with Crippen LogP contribution in [0.25, 0.3) is 120 Å². The zero-order chi connectivity index (χ0) is 41.4. The fraction of sp³-hybridized carbons (Fsp3) is 0. The van der Waals surface area contributed by atoms with E-state index in [0.29, 0.717) is 0 Å². The number of hydrogen-bond acceptors (Lipinski definition) is 1. The van der Waals surface area contributed by atoms with Gasteiger partial charge in [-0.2, -0.15) is 0 Å². The number of hydrogen-bond donors (Lipinski definition) is 0. The Labute approximate surface area is 368 Å². The van der Waals surface area contributed by atoms with Gasteiger partial charge in [0, 0.05) is 48.3 Å². The van der Waals surface area contributed by atoms with Gasteiger partial charge in [-0.05, 0) is 87.5 Å². The van der Waals surface area contributed by atoms with Crippen LogP contribution in [0.3, 0.4) is 0 Å². The third-order valence-electron chi connectivity index (χ3n) is 13.0. The average Bonchev–Trinajstić information content (AvgIpc) is 4.03. The summed E-state index contributed by atoms with van der Waals surface area (Å²) in [5, 5.41) is 7.57. The van der Waals surface area contributed by atoms with E-state index < -0.39 is 0 Å². The van der Waals surface area contributed by atoms with E-state index in [4.69, 9.17) is 0 Å². The number of benzene rings is 10. The van der Waals surface area contributed by atoms with Crippen molar-refractivity contribution in [1.82, 2.24) is 9.13 Å². The molecule has 0 unspecified atom stereocenters. The fourth-order valence-corrected chi connectivity index (χ4v) is 11.4. The number of fused-ring (bicyclic) bond motifs is 9. The SMILES string of the molecule is c1ccc(-c2ccc(-n3c4ccccc4c4cccc(-c5ccc6c(c5)c5ccccc5n6-c5ccc(-c6ccccc6-c6ccccc6)c6c5sc5ccccc56)c43)cc2)cc1. The van der Waals surface area contributed by atoms with Gasteiger partial charge in [-0.25, -0.2) is 0 Å². The molecule has 3 heteroatoms. The van der Waals surface area contributed by atoms with Crippen LogP contribution in [0.1, 0.15) is 0 Å². The highest BCUT2D eigenvalue weighted by molar-refractivity contribution is 7.26. The van der Waals surface area contributed by atoms with Crippen LogP contribution >= 0.6 is 11.3 Å². The molecule has 13 rings (SSSR count). The van der Waals surface area contributed by atoms with Crippen molar-refractivity contribution in [1.29, 1.82) is 0 Å². The van der Waals surface area contributed by atoms with E-state index in [2.05, 4.69) is 240 Å². The van der Waals surface area contributed by atoms with E-state index >= 15 is 0 Å². The first-order valence-electron chi connectivity index (χ1n) is 21.6. The van der Waals surface area contributed by atoms with Crippen molar-refractivity contribution >= 4 is 75.1 Å². The standard InChI is InChI=1S/C60H38N2S/c1-3-16-39(17-4-1)40-30-33-43(34-31-40)61-53-27-12-9-22-47(53)50-26-15-25-45(59(50)61)42-32-36-55-52(38-42)48-23-10-13-28-54(48)62(55)56-37-35-49(58-51-24-11-14-29-57(51)63-60(56)58)46-21-8-7-20-44(46)41-18-5-2-6-19-41/h1-38H. The molecule has 63 heavy (non-hydrogen) atoms. The molecule has 3 heterocycles. The minimum Gasteiger partial charge on any atom is -0.309 e. The summed E-state index contributed by atoms with van der Waals surface area (Å²) in [5.41, 5.74) is 17.0. The Morgan fingerprint density at radius 2 is 0.857 bits per heavy atom. The predicted octanol–water partition coefficient (Wildman–Crippen LogP) is 16.9. The van der Waals surface area contributed by atoms with Crippen LogP contribution < -0.4 is 0 Å². The van der Waals surface area contributed by atoms with E-state index in [1.54, 1.807) is 0 Å². The molecular formula is C60H38N2S. The van der Waals surface area contributed by atoms with Gasteiger partial charge in [-0.15, -0.1) is 11.3 Å². The molecule has 0 spiro atoms. The van der Waals surface area contributed by atoms with Gasteiger partial charge in [0.2, 0.25) is 0 Å². The van der Waals surface area contributed by atoms with E-state index in [0.717, 1.165) is 5.69 Å². The molecule has 2 nitrogen and oxygen atoms in total. The minimum absolute atomic E-state index is 1.15. The second-order valence-electron chi connectivity index (χ2n) is 16.4. The van der Waals surface area contributed by atoms with Crippen molar-refractivity contribution in [2.45, 2.75) is 0 Å². The number of rotatable bonds is 6. The van der Waals surface area contributed by atoms with E-state index in [1.165, 1.54) is 114 Å². The molecule has 10 aromatic carbocycles. The molecule has 0 saturated carbocycles. The first-order valence-corrected chi connectivity index (χ1v) is 22.4. The van der Waals surface area contributed by atoms with E-state index in [-0.39, 0.29) is 0 Å². The second kappa shape index (κ2) is 14.3. The molecule has 3 aromatic heterocycles. The summed E-state index contributed by atoms with van der Waals surface area (Å²) in [6.07, 6.45) is 0. The highest BCUT2D eigenvalue weighted by Crippen LogP contribution is 2.47. The molecule has 0 aliphatic rings. The Morgan fingerprint density at radius 3 is 1.63 bits per heavy atom. The highest BCUT2D eigenvalue weighted by Gasteiger charge is 2.22. The van der Waals surface area contributed by atoms with Crippen LogP contribution in [0.5, 0.6) is 0 Å². The molecule has 294 valence electrons. The maximum absolute atomic E-state index is 2.50. The highest BCUT2D eigenvalue weighted by atomic mass is 32.1. The van der Waals surface area contributed by atoms with Crippen molar-refractivity contribution in [3.05, 3.63) is 231 Å². The second-order valence-corrected chi connectivity index (χ2v) is 17.5. The topological polar surface area (TPSA) is 9.86 Å². The van der Waals surface area contributed by atoms with Crippen LogP contribution in [0.15, 0.2) is 231 Å². The lowest BCUT2D eigenvalue weighted by molar-refractivity contribution is 1.18. The first kappa shape index (κ1) is 35.7. The molecule has 13 aromatic rings. The molecule has 0 amide bonds. The minimum atomic E-state index is 1.15. The molecular weight excluding hydrogens is 781 g/mol. The molecule has 0 aliphatic carbocycles. The van der Waals surface area contributed by atoms with Crippen molar-refractivity contribution in [2.24, 2.45) is 0 Å². The normalized spacial score (nSPS) is 11.8. The predicted molar refractivity (Wildman–Crippen MR) is 270 cm³/mol. The quantitative estimate of drug-likeness (QED) is 0.158. The van der Waals surface area contributed by atoms with Crippen LogP contribution in [0.2, 0.25) is 0 Å². The third kappa shape index (κ3) is 5.57. The van der Waals surface area contributed by atoms with Gasteiger partial charge in [0.25, 0.3) is 0 Å². The van der Waals surface area contributed by atoms with Crippen molar-refractivity contribution in [3.63, 3.8) is 0 Å².